The fourth-order valence-corrected chi connectivity index (χ4v) is 4.39. The molecule has 28 heavy (non-hydrogen) atoms. The molecule has 1 fully saturated rings. The first kappa shape index (κ1) is 18.2. The zero-order valence-electron chi connectivity index (χ0n) is 15.2. The van der Waals surface area contributed by atoms with Gasteiger partial charge in [0.05, 0.1) is 12.0 Å². The van der Waals surface area contributed by atoms with E-state index in [-0.39, 0.29) is 29.5 Å². The minimum atomic E-state index is -0.591. The van der Waals surface area contributed by atoms with Crippen LogP contribution in [0.15, 0.2) is 64.9 Å². The van der Waals surface area contributed by atoms with Crippen LogP contribution in [-0.2, 0) is 9.59 Å². The molecule has 1 aromatic carbocycles. The third-order valence-corrected chi connectivity index (χ3v) is 5.83. The van der Waals surface area contributed by atoms with E-state index >= 15 is 0 Å². The van der Waals surface area contributed by atoms with Crippen molar-refractivity contribution in [2.75, 3.05) is 10.2 Å². The number of aromatic nitrogens is 1. The van der Waals surface area contributed by atoms with Crippen molar-refractivity contribution in [3.63, 3.8) is 0 Å². The lowest BCUT2D eigenvalue weighted by Gasteiger charge is -2.27. The Morgan fingerprint density at radius 1 is 1.14 bits per heavy atom. The first-order valence-electron chi connectivity index (χ1n) is 8.95. The number of hydrogen-bond donors (Lipinski definition) is 2. The molecular weight excluding hydrogens is 374 g/mol. The van der Waals surface area contributed by atoms with E-state index in [0.717, 1.165) is 16.1 Å². The smallest absolute Gasteiger partial charge is 0.271 e. The van der Waals surface area contributed by atoms with E-state index < -0.39 is 12.0 Å². The van der Waals surface area contributed by atoms with Gasteiger partial charge in [0.15, 0.2) is 0 Å². The molecule has 0 aliphatic carbocycles. The van der Waals surface area contributed by atoms with E-state index in [4.69, 9.17) is 0 Å². The number of nitrogens with zero attached hydrogens (tertiary/aromatic N) is 1. The highest BCUT2D eigenvalue weighted by Crippen LogP contribution is 2.43. The summed E-state index contributed by atoms with van der Waals surface area (Å²) in [6.07, 6.45) is 1.59. The fraction of sp³-hybridized carbons (Fsp3) is 0.190. The lowest BCUT2D eigenvalue weighted by molar-refractivity contribution is -0.122. The van der Waals surface area contributed by atoms with E-state index in [1.165, 1.54) is 17.5 Å². The van der Waals surface area contributed by atoms with Gasteiger partial charge in [0.2, 0.25) is 11.8 Å². The number of anilines is 2. The van der Waals surface area contributed by atoms with Gasteiger partial charge in [0.25, 0.3) is 5.56 Å². The molecule has 2 aromatic heterocycles. The number of nitrogens with one attached hydrogen (secondary N) is 2. The maximum absolute atomic E-state index is 13.0. The number of carbonyl (C=O) groups excluding carboxylic acids is 2. The Balaban J connectivity index is 1.69. The number of pyridine rings is 1. The molecule has 3 aromatic rings. The summed E-state index contributed by atoms with van der Waals surface area (Å²) in [5.74, 6) is -1.03. The molecule has 142 valence electrons. The van der Waals surface area contributed by atoms with Crippen molar-refractivity contribution in [2.45, 2.75) is 19.4 Å². The van der Waals surface area contributed by atoms with E-state index in [2.05, 4.69) is 10.3 Å². The third kappa shape index (κ3) is 3.36. The quantitative estimate of drug-likeness (QED) is 0.712. The van der Waals surface area contributed by atoms with Gasteiger partial charge in [-0.15, -0.1) is 11.3 Å². The van der Waals surface area contributed by atoms with Crippen LogP contribution in [-0.4, -0.2) is 16.8 Å². The largest absolute Gasteiger partial charge is 0.327 e. The molecule has 0 radical (unpaired) electrons. The summed E-state index contributed by atoms with van der Waals surface area (Å²) in [6, 6.07) is 14.3. The molecule has 2 N–H and O–H groups in total. The molecule has 6 nitrogen and oxygen atoms in total. The molecule has 1 aliphatic heterocycles. The number of aromatic amines is 1. The number of rotatable bonds is 4. The summed E-state index contributed by atoms with van der Waals surface area (Å²) in [4.78, 5) is 43.0. The first-order chi connectivity index (χ1) is 13.5. The van der Waals surface area contributed by atoms with Gasteiger partial charge in [-0.1, -0.05) is 23.8 Å². The minimum absolute atomic E-state index is 0.0903. The van der Waals surface area contributed by atoms with Gasteiger partial charge >= 0.3 is 0 Å². The molecule has 1 saturated heterocycles. The SMILES string of the molecule is Cc1ccc(N2C(=O)C[C@@H](C(=O)Nc3ccc[nH]c3=O)[C@@H]2c2cccs2)cc1. The maximum atomic E-state index is 13.0. The molecule has 3 heterocycles. The molecule has 0 spiro atoms. The zero-order chi connectivity index (χ0) is 19.7. The van der Waals surface area contributed by atoms with Gasteiger partial charge in [-0.25, -0.2) is 0 Å². The third-order valence-electron chi connectivity index (χ3n) is 4.88. The normalized spacial score (nSPS) is 19.0. The van der Waals surface area contributed by atoms with Crippen LogP contribution in [0.2, 0.25) is 0 Å². The van der Waals surface area contributed by atoms with E-state index in [9.17, 15) is 14.4 Å². The summed E-state index contributed by atoms with van der Waals surface area (Å²) < 4.78 is 0. The Morgan fingerprint density at radius 3 is 2.61 bits per heavy atom. The molecule has 0 saturated carbocycles. The van der Waals surface area contributed by atoms with Crippen LogP contribution in [0.25, 0.3) is 0 Å². The van der Waals surface area contributed by atoms with Crippen molar-refractivity contribution in [1.29, 1.82) is 0 Å². The molecule has 2 atom stereocenters. The predicted octanol–water partition coefficient (Wildman–Crippen LogP) is 3.48. The fourth-order valence-electron chi connectivity index (χ4n) is 3.51. The highest BCUT2D eigenvalue weighted by molar-refractivity contribution is 7.10. The Kier molecular flexibility index (Phi) is 4.83. The minimum Gasteiger partial charge on any atom is -0.327 e. The van der Waals surface area contributed by atoms with E-state index in [1.54, 1.807) is 17.0 Å². The lowest BCUT2D eigenvalue weighted by Crippen LogP contribution is -2.32. The van der Waals surface area contributed by atoms with Crippen molar-refractivity contribution in [3.8, 4) is 0 Å². The predicted molar refractivity (Wildman–Crippen MR) is 110 cm³/mol. The van der Waals surface area contributed by atoms with Crippen molar-refractivity contribution >= 4 is 34.5 Å². The second-order valence-corrected chi connectivity index (χ2v) is 7.75. The Bertz CT molecular complexity index is 1060. The number of amides is 2. The van der Waals surface area contributed by atoms with Gasteiger partial charge in [-0.3, -0.25) is 14.4 Å². The number of thiophene rings is 1. The standard InChI is InChI=1S/C21H19N3O3S/c1-13-6-8-14(9-7-13)24-18(25)12-15(19(24)17-5-3-11-28-17)20(26)23-16-4-2-10-22-21(16)27/h2-11,15,19H,12H2,1H3,(H,22,27)(H,23,26)/t15-,19-/m1/s1. The highest BCUT2D eigenvalue weighted by Gasteiger charge is 2.45. The number of hydrogen-bond acceptors (Lipinski definition) is 4. The number of carbonyl (C=O) groups is 2. The van der Waals surface area contributed by atoms with Crippen molar-refractivity contribution in [1.82, 2.24) is 4.98 Å². The molecular formula is C21H19N3O3S. The molecule has 0 unspecified atom stereocenters. The first-order valence-corrected chi connectivity index (χ1v) is 9.83. The van der Waals surface area contributed by atoms with Crippen LogP contribution in [0.1, 0.15) is 22.9 Å². The average molecular weight is 393 g/mol. The van der Waals surface area contributed by atoms with Gasteiger partial charge in [0, 0.05) is 23.2 Å². The second-order valence-electron chi connectivity index (χ2n) is 6.77. The number of aryl methyl sites for hydroxylation is 1. The summed E-state index contributed by atoms with van der Waals surface area (Å²) in [6.45, 7) is 1.99. The topological polar surface area (TPSA) is 82.3 Å². The van der Waals surface area contributed by atoms with Gasteiger partial charge in [-0.05, 0) is 42.6 Å². The number of benzene rings is 1. The van der Waals surface area contributed by atoms with Crippen LogP contribution < -0.4 is 15.8 Å². The van der Waals surface area contributed by atoms with Crippen LogP contribution in [0.3, 0.4) is 0 Å². The molecule has 2 amide bonds. The van der Waals surface area contributed by atoms with Crippen LogP contribution in [0, 0.1) is 12.8 Å². The van der Waals surface area contributed by atoms with Gasteiger partial charge < -0.3 is 15.2 Å². The van der Waals surface area contributed by atoms with Crippen molar-refractivity contribution in [2.24, 2.45) is 5.92 Å². The van der Waals surface area contributed by atoms with Gasteiger partial charge in [-0.2, -0.15) is 0 Å². The van der Waals surface area contributed by atoms with Crippen molar-refractivity contribution in [3.05, 3.63) is 80.9 Å². The van der Waals surface area contributed by atoms with E-state index in [0.29, 0.717) is 0 Å². The second kappa shape index (κ2) is 7.44. The summed E-state index contributed by atoms with van der Waals surface area (Å²) in [5.41, 5.74) is 1.67. The Morgan fingerprint density at radius 2 is 1.93 bits per heavy atom. The molecule has 7 heteroatoms. The zero-order valence-corrected chi connectivity index (χ0v) is 16.0. The monoisotopic (exact) mass is 393 g/mol. The van der Waals surface area contributed by atoms with Crippen LogP contribution in [0.4, 0.5) is 11.4 Å². The molecule has 0 bridgehead atoms. The highest BCUT2D eigenvalue weighted by atomic mass is 32.1. The lowest BCUT2D eigenvalue weighted by atomic mass is 9.97. The number of H-pyrrole nitrogens is 1. The summed E-state index contributed by atoms with van der Waals surface area (Å²) >= 11 is 1.51. The van der Waals surface area contributed by atoms with Crippen LogP contribution in [0.5, 0.6) is 0 Å². The summed E-state index contributed by atoms with van der Waals surface area (Å²) in [5, 5.41) is 4.62. The maximum Gasteiger partial charge on any atom is 0.271 e. The van der Waals surface area contributed by atoms with E-state index in [1.807, 2.05) is 48.7 Å². The van der Waals surface area contributed by atoms with Gasteiger partial charge in [0.1, 0.15) is 5.69 Å². The van der Waals surface area contributed by atoms with Crippen molar-refractivity contribution < 1.29 is 9.59 Å². The van der Waals surface area contributed by atoms with Crippen LogP contribution >= 0.6 is 11.3 Å². The molecule has 1 aliphatic rings. The average Bonchev–Trinajstić information content (AvgIpc) is 3.32. The Labute approximate surface area is 165 Å². The Hall–Kier alpha value is -3.19. The summed E-state index contributed by atoms with van der Waals surface area (Å²) in [7, 11) is 0. The molecule has 4 rings (SSSR count).